The third kappa shape index (κ3) is 2.76. The van der Waals surface area contributed by atoms with Gasteiger partial charge in [-0.05, 0) is 26.3 Å². The first kappa shape index (κ1) is 14.7. The Kier molecular flexibility index (Phi) is 4.57. The van der Waals surface area contributed by atoms with Gasteiger partial charge in [0.05, 0.1) is 18.1 Å². The fourth-order valence-electron chi connectivity index (χ4n) is 2.30. The van der Waals surface area contributed by atoms with Crippen molar-refractivity contribution in [1.82, 2.24) is 14.5 Å². The molecule has 1 atom stereocenters. The van der Waals surface area contributed by atoms with Crippen molar-refractivity contribution in [3.8, 4) is 0 Å². The number of aromatic nitrogens is 3. The second kappa shape index (κ2) is 6.19. The molecular formula is C14H22N4O2. The number of aliphatic hydroxyl groups is 1. The number of nitrogens with zero attached hydrogens (tertiary/aromatic N) is 3. The zero-order valence-electron chi connectivity index (χ0n) is 12.5. The lowest BCUT2D eigenvalue weighted by molar-refractivity contribution is 0.187. The van der Waals surface area contributed by atoms with Crippen LogP contribution in [0.5, 0.6) is 0 Å². The minimum atomic E-state index is -0.419. The van der Waals surface area contributed by atoms with Gasteiger partial charge in [-0.25, -0.2) is 9.97 Å². The highest BCUT2D eigenvalue weighted by atomic mass is 16.5. The SMILES string of the molecule is COCCn1c(C)c(C)c2c(NCC(C)O)ncnc21. The number of methoxy groups -OCH3 is 1. The van der Waals surface area contributed by atoms with E-state index >= 15 is 0 Å². The smallest absolute Gasteiger partial charge is 0.146 e. The van der Waals surface area contributed by atoms with Crippen LogP contribution in [0, 0.1) is 13.8 Å². The second-order valence-electron chi connectivity index (χ2n) is 5.01. The molecule has 0 saturated heterocycles. The van der Waals surface area contributed by atoms with E-state index in [1.54, 1.807) is 20.4 Å². The van der Waals surface area contributed by atoms with Crippen LogP contribution in [0.15, 0.2) is 6.33 Å². The van der Waals surface area contributed by atoms with Crippen molar-refractivity contribution in [3.63, 3.8) is 0 Å². The molecule has 0 amide bonds. The zero-order chi connectivity index (χ0) is 14.7. The summed E-state index contributed by atoms with van der Waals surface area (Å²) in [5, 5.41) is 13.6. The normalized spacial score (nSPS) is 12.8. The summed E-state index contributed by atoms with van der Waals surface area (Å²) in [6.45, 7) is 7.76. The molecule has 2 aromatic heterocycles. The van der Waals surface area contributed by atoms with Crippen molar-refractivity contribution >= 4 is 16.9 Å². The molecule has 2 rings (SSSR count). The molecule has 6 nitrogen and oxygen atoms in total. The highest BCUT2D eigenvalue weighted by Crippen LogP contribution is 2.28. The lowest BCUT2D eigenvalue weighted by Crippen LogP contribution is -2.16. The highest BCUT2D eigenvalue weighted by Gasteiger charge is 2.16. The highest BCUT2D eigenvalue weighted by molar-refractivity contribution is 5.91. The van der Waals surface area contributed by atoms with Gasteiger partial charge in [0.15, 0.2) is 0 Å². The quantitative estimate of drug-likeness (QED) is 0.837. The van der Waals surface area contributed by atoms with E-state index < -0.39 is 6.10 Å². The predicted octanol–water partition coefficient (Wildman–Crippen LogP) is 1.49. The Labute approximate surface area is 118 Å². The molecule has 0 bridgehead atoms. The van der Waals surface area contributed by atoms with Crippen LogP contribution in [0.4, 0.5) is 5.82 Å². The van der Waals surface area contributed by atoms with Gasteiger partial charge >= 0.3 is 0 Å². The Bertz CT molecular complexity index is 592. The predicted molar refractivity (Wildman–Crippen MR) is 79.0 cm³/mol. The number of hydrogen-bond acceptors (Lipinski definition) is 5. The van der Waals surface area contributed by atoms with E-state index in [1.807, 2.05) is 0 Å². The van der Waals surface area contributed by atoms with Crippen molar-refractivity contribution in [2.24, 2.45) is 0 Å². The zero-order valence-corrected chi connectivity index (χ0v) is 12.5. The van der Waals surface area contributed by atoms with E-state index in [9.17, 15) is 5.11 Å². The Morgan fingerprint density at radius 2 is 2.15 bits per heavy atom. The number of nitrogens with one attached hydrogen (secondary N) is 1. The van der Waals surface area contributed by atoms with Gasteiger partial charge in [-0.3, -0.25) is 0 Å². The van der Waals surface area contributed by atoms with Crippen molar-refractivity contribution in [1.29, 1.82) is 0 Å². The molecule has 0 aromatic carbocycles. The molecule has 0 fully saturated rings. The summed E-state index contributed by atoms with van der Waals surface area (Å²) in [5.41, 5.74) is 3.22. The number of rotatable bonds is 6. The van der Waals surface area contributed by atoms with Crippen molar-refractivity contribution < 1.29 is 9.84 Å². The van der Waals surface area contributed by atoms with E-state index in [-0.39, 0.29) is 0 Å². The summed E-state index contributed by atoms with van der Waals surface area (Å²) >= 11 is 0. The maximum atomic E-state index is 9.40. The monoisotopic (exact) mass is 278 g/mol. The lowest BCUT2D eigenvalue weighted by atomic mass is 10.2. The number of anilines is 1. The van der Waals surface area contributed by atoms with Gasteiger partial charge in [0.1, 0.15) is 17.8 Å². The average molecular weight is 278 g/mol. The summed E-state index contributed by atoms with van der Waals surface area (Å²) in [7, 11) is 1.69. The maximum absolute atomic E-state index is 9.40. The number of hydrogen-bond donors (Lipinski definition) is 2. The molecule has 0 saturated carbocycles. The average Bonchev–Trinajstić information content (AvgIpc) is 2.67. The van der Waals surface area contributed by atoms with Crippen LogP contribution in [-0.4, -0.2) is 46.0 Å². The van der Waals surface area contributed by atoms with Gasteiger partial charge in [-0.2, -0.15) is 0 Å². The standard InChI is InChI=1S/C14H22N4O2/c1-9(19)7-15-13-12-10(2)11(3)18(5-6-20-4)14(12)17-8-16-13/h8-9,19H,5-7H2,1-4H3,(H,15,16,17). The summed E-state index contributed by atoms with van der Waals surface area (Å²) < 4.78 is 7.30. The summed E-state index contributed by atoms with van der Waals surface area (Å²) in [5.74, 6) is 0.771. The molecule has 0 spiro atoms. The summed E-state index contributed by atoms with van der Waals surface area (Å²) in [6, 6.07) is 0. The number of fused-ring (bicyclic) bond motifs is 1. The summed E-state index contributed by atoms with van der Waals surface area (Å²) in [4.78, 5) is 8.69. The molecule has 0 aliphatic carbocycles. The second-order valence-corrected chi connectivity index (χ2v) is 5.01. The molecule has 110 valence electrons. The topological polar surface area (TPSA) is 72.2 Å². The van der Waals surface area contributed by atoms with Crippen LogP contribution in [-0.2, 0) is 11.3 Å². The molecule has 1 unspecified atom stereocenters. The van der Waals surface area contributed by atoms with Crippen LogP contribution in [0.3, 0.4) is 0 Å². The third-order valence-electron chi connectivity index (χ3n) is 3.49. The van der Waals surface area contributed by atoms with E-state index in [1.165, 1.54) is 0 Å². The van der Waals surface area contributed by atoms with Gasteiger partial charge in [-0.1, -0.05) is 0 Å². The Morgan fingerprint density at radius 1 is 1.40 bits per heavy atom. The van der Waals surface area contributed by atoms with Crippen LogP contribution >= 0.6 is 0 Å². The number of aliphatic hydroxyl groups excluding tert-OH is 1. The Hall–Kier alpha value is -1.66. The van der Waals surface area contributed by atoms with Crippen LogP contribution in [0.1, 0.15) is 18.2 Å². The van der Waals surface area contributed by atoms with E-state index in [2.05, 4.69) is 33.7 Å². The van der Waals surface area contributed by atoms with E-state index in [4.69, 9.17) is 4.74 Å². The first-order valence-corrected chi connectivity index (χ1v) is 6.77. The molecule has 6 heteroatoms. The van der Waals surface area contributed by atoms with Crippen molar-refractivity contribution in [3.05, 3.63) is 17.6 Å². The fourth-order valence-corrected chi connectivity index (χ4v) is 2.30. The number of aryl methyl sites for hydroxylation is 1. The van der Waals surface area contributed by atoms with Gasteiger partial charge in [-0.15, -0.1) is 0 Å². The molecule has 20 heavy (non-hydrogen) atoms. The third-order valence-corrected chi connectivity index (χ3v) is 3.49. The number of ether oxygens (including phenoxy) is 1. The van der Waals surface area contributed by atoms with E-state index in [0.717, 1.165) is 34.7 Å². The summed E-state index contributed by atoms with van der Waals surface area (Å²) in [6.07, 6.45) is 1.13. The van der Waals surface area contributed by atoms with Gasteiger partial charge in [0.25, 0.3) is 0 Å². The molecule has 0 aliphatic heterocycles. The first-order chi connectivity index (χ1) is 9.56. The maximum Gasteiger partial charge on any atom is 0.146 e. The fraction of sp³-hybridized carbons (Fsp3) is 0.571. The van der Waals surface area contributed by atoms with Crippen molar-refractivity contribution in [2.45, 2.75) is 33.4 Å². The lowest BCUT2D eigenvalue weighted by Gasteiger charge is -2.09. The molecule has 2 N–H and O–H groups in total. The molecule has 2 aromatic rings. The minimum absolute atomic E-state index is 0.419. The molecule has 0 radical (unpaired) electrons. The van der Waals surface area contributed by atoms with Crippen molar-refractivity contribution in [2.75, 3.05) is 25.6 Å². The molecular weight excluding hydrogens is 256 g/mol. The largest absolute Gasteiger partial charge is 0.392 e. The Balaban J connectivity index is 2.46. The van der Waals surface area contributed by atoms with Gasteiger partial charge in [0.2, 0.25) is 0 Å². The van der Waals surface area contributed by atoms with Crippen LogP contribution in [0.25, 0.3) is 11.0 Å². The van der Waals surface area contributed by atoms with Gasteiger partial charge in [0, 0.05) is 25.9 Å². The molecule has 0 aliphatic rings. The van der Waals surface area contributed by atoms with Crippen LogP contribution in [0.2, 0.25) is 0 Å². The minimum Gasteiger partial charge on any atom is -0.392 e. The Morgan fingerprint density at radius 3 is 2.80 bits per heavy atom. The first-order valence-electron chi connectivity index (χ1n) is 6.77. The van der Waals surface area contributed by atoms with Crippen LogP contribution < -0.4 is 5.32 Å². The van der Waals surface area contributed by atoms with Gasteiger partial charge < -0.3 is 19.7 Å². The molecule has 2 heterocycles. The van der Waals surface area contributed by atoms with E-state index in [0.29, 0.717) is 13.2 Å².